The summed E-state index contributed by atoms with van der Waals surface area (Å²) in [7, 11) is 0. The maximum atomic E-state index is 12.8. The van der Waals surface area contributed by atoms with Crippen molar-refractivity contribution in [3.8, 4) is 11.4 Å². The third-order valence-corrected chi connectivity index (χ3v) is 2.18. The average Bonchev–Trinajstić information content (AvgIpc) is 2.29. The smallest absolute Gasteiger partial charge is 0.354 e. The number of benzene rings is 1. The van der Waals surface area contributed by atoms with Gasteiger partial charge in [0.05, 0.1) is 0 Å². The minimum Gasteiger partial charge on any atom is -0.477 e. The van der Waals surface area contributed by atoms with E-state index in [0.29, 0.717) is 11.3 Å². The number of hydrogen-bond acceptors (Lipinski definition) is 3. The Kier molecular flexibility index (Phi) is 2.82. The van der Waals surface area contributed by atoms with Gasteiger partial charge >= 0.3 is 5.97 Å². The summed E-state index contributed by atoms with van der Waals surface area (Å²) in [6.07, 6.45) is 0. The van der Waals surface area contributed by atoms with Crippen LogP contribution in [0.4, 0.5) is 4.39 Å². The van der Waals surface area contributed by atoms with Gasteiger partial charge in [0.1, 0.15) is 5.82 Å². The molecule has 1 N–H and O–H groups in total. The van der Waals surface area contributed by atoms with Gasteiger partial charge in [-0.3, -0.25) is 0 Å². The zero-order chi connectivity index (χ0) is 12.4. The van der Waals surface area contributed by atoms with Crippen LogP contribution in [0.2, 0.25) is 0 Å². The van der Waals surface area contributed by atoms with Crippen molar-refractivity contribution in [3.05, 3.63) is 47.5 Å². The highest BCUT2D eigenvalue weighted by atomic mass is 19.1. The van der Waals surface area contributed by atoms with E-state index in [1.807, 2.05) is 0 Å². The first-order valence-corrected chi connectivity index (χ1v) is 4.91. The highest BCUT2D eigenvalue weighted by molar-refractivity contribution is 5.86. The van der Waals surface area contributed by atoms with E-state index in [4.69, 9.17) is 5.11 Å². The molecule has 4 nitrogen and oxygen atoms in total. The molecule has 0 radical (unpaired) electrons. The number of carbonyl (C=O) groups is 1. The van der Waals surface area contributed by atoms with Crippen molar-refractivity contribution < 1.29 is 14.3 Å². The molecule has 17 heavy (non-hydrogen) atoms. The minimum atomic E-state index is -1.11. The van der Waals surface area contributed by atoms with Crippen LogP contribution in [0.3, 0.4) is 0 Å². The first-order chi connectivity index (χ1) is 8.06. The SMILES string of the molecule is Cc1cc(C(=O)O)nc(-c2ccc(F)cc2)n1. The molecule has 1 heterocycles. The van der Waals surface area contributed by atoms with Crippen molar-refractivity contribution in [1.29, 1.82) is 0 Å². The Balaban J connectivity index is 2.51. The predicted octanol–water partition coefficient (Wildman–Crippen LogP) is 2.29. The average molecular weight is 232 g/mol. The van der Waals surface area contributed by atoms with Crippen molar-refractivity contribution in [2.75, 3.05) is 0 Å². The van der Waals surface area contributed by atoms with Crippen LogP contribution in [-0.2, 0) is 0 Å². The van der Waals surface area contributed by atoms with Gasteiger partial charge in [0.25, 0.3) is 0 Å². The molecule has 0 aliphatic heterocycles. The molecule has 0 aliphatic carbocycles. The monoisotopic (exact) mass is 232 g/mol. The second-order valence-electron chi connectivity index (χ2n) is 3.53. The number of rotatable bonds is 2. The topological polar surface area (TPSA) is 63.1 Å². The van der Waals surface area contributed by atoms with Gasteiger partial charge in [-0.15, -0.1) is 0 Å². The Morgan fingerprint density at radius 1 is 1.24 bits per heavy atom. The Bertz CT molecular complexity index is 567. The van der Waals surface area contributed by atoms with E-state index in [-0.39, 0.29) is 17.3 Å². The highest BCUT2D eigenvalue weighted by Gasteiger charge is 2.09. The second kappa shape index (κ2) is 4.29. The number of aromatic carboxylic acids is 1. The van der Waals surface area contributed by atoms with Crippen molar-refractivity contribution >= 4 is 5.97 Å². The van der Waals surface area contributed by atoms with Gasteiger partial charge in [-0.1, -0.05) is 0 Å². The number of aromatic nitrogens is 2. The van der Waals surface area contributed by atoms with Crippen LogP contribution >= 0.6 is 0 Å². The van der Waals surface area contributed by atoms with Crippen LogP contribution in [0.5, 0.6) is 0 Å². The zero-order valence-electron chi connectivity index (χ0n) is 9.01. The summed E-state index contributed by atoms with van der Waals surface area (Å²) < 4.78 is 12.8. The molecule has 2 aromatic rings. The molecule has 0 saturated carbocycles. The molecule has 0 aliphatic rings. The number of carboxylic acid groups (broad SMARTS) is 1. The maximum Gasteiger partial charge on any atom is 0.354 e. The molecule has 5 heteroatoms. The summed E-state index contributed by atoms with van der Waals surface area (Å²) >= 11 is 0. The highest BCUT2D eigenvalue weighted by Crippen LogP contribution is 2.16. The van der Waals surface area contributed by atoms with Crippen molar-refractivity contribution in [2.24, 2.45) is 0 Å². The van der Waals surface area contributed by atoms with E-state index >= 15 is 0 Å². The van der Waals surface area contributed by atoms with E-state index in [0.717, 1.165) is 0 Å². The van der Waals surface area contributed by atoms with Crippen molar-refractivity contribution in [3.63, 3.8) is 0 Å². The first kappa shape index (κ1) is 11.2. The van der Waals surface area contributed by atoms with Crippen molar-refractivity contribution in [1.82, 2.24) is 9.97 Å². The molecular weight excluding hydrogens is 223 g/mol. The van der Waals surface area contributed by atoms with Crippen LogP contribution < -0.4 is 0 Å². The van der Waals surface area contributed by atoms with Gasteiger partial charge < -0.3 is 5.11 Å². The summed E-state index contributed by atoms with van der Waals surface area (Å²) in [6.45, 7) is 1.68. The molecule has 0 bridgehead atoms. The summed E-state index contributed by atoms with van der Waals surface area (Å²) in [5.41, 5.74) is 1.06. The van der Waals surface area contributed by atoms with Crippen LogP contribution in [0.1, 0.15) is 16.2 Å². The molecule has 0 unspecified atom stereocenters. The largest absolute Gasteiger partial charge is 0.477 e. The van der Waals surface area contributed by atoms with Crippen LogP contribution in [0.15, 0.2) is 30.3 Å². The molecule has 86 valence electrons. The van der Waals surface area contributed by atoms with E-state index in [2.05, 4.69) is 9.97 Å². The van der Waals surface area contributed by atoms with Gasteiger partial charge in [-0.2, -0.15) is 0 Å². The number of carboxylic acids is 1. The molecule has 0 spiro atoms. The molecule has 1 aromatic carbocycles. The molecule has 0 amide bonds. The first-order valence-electron chi connectivity index (χ1n) is 4.91. The summed E-state index contributed by atoms with van der Waals surface area (Å²) in [4.78, 5) is 18.9. The second-order valence-corrected chi connectivity index (χ2v) is 3.53. The zero-order valence-corrected chi connectivity index (χ0v) is 9.01. The van der Waals surface area contributed by atoms with Gasteiger partial charge in [0, 0.05) is 11.3 Å². The third-order valence-electron chi connectivity index (χ3n) is 2.18. The van der Waals surface area contributed by atoms with Gasteiger partial charge in [0.15, 0.2) is 11.5 Å². The number of nitrogens with zero attached hydrogens (tertiary/aromatic N) is 2. The molecular formula is C12H9FN2O2. The molecule has 2 rings (SSSR count). The molecule has 0 saturated heterocycles. The minimum absolute atomic E-state index is 0.0724. The van der Waals surface area contributed by atoms with Gasteiger partial charge in [0.2, 0.25) is 0 Å². The van der Waals surface area contributed by atoms with E-state index in [9.17, 15) is 9.18 Å². The fraction of sp³-hybridized carbons (Fsp3) is 0.0833. The van der Waals surface area contributed by atoms with Crippen LogP contribution in [0.25, 0.3) is 11.4 Å². The number of halogens is 1. The molecule has 1 aromatic heterocycles. The Hall–Kier alpha value is -2.30. The van der Waals surface area contributed by atoms with E-state index in [1.54, 1.807) is 6.92 Å². The summed E-state index contributed by atoms with van der Waals surface area (Å²) in [5, 5.41) is 8.87. The van der Waals surface area contributed by atoms with Crippen LogP contribution in [-0.4, -0.2) is 21.0 Å². The van der Waals surface area contributed by atoms with Crippen molar-refractivity contribution in [2.45, 2.75) is 6.92 Å². The Morgan fingerprint density at radius 3 is 2.47 bits per heavy atom. The maximum absolute atomic E-state index is 12.8. The molecule has 0 fully saturated rings. The number of hydrogen-bond donors (Lipinski definition) is 1. The Morgan fingerprint density at radius 2 is 1.88 bits per heavy atom. The standard InChI is InChI=1S/C12H9FN2O2/c1-7-6-10(12(16)17)15-11(14-7)8-2-4-9(13)5-3-8/h2-6H,1H3,(H,16,17). The third kappa shape index (κ3) is 2.44. The van der Waals surface area contributed by atoms with Gasteiger partial charge in [-0.25, -0.2) is 19.2 Å². The lowest BCUT2D eigenvalue weighted by Gasteiger charge is -2.03. The summed E-state index contributed by atoms with van der Waals surface area (Å²) in [5.74, 6) is -1.19. The Labute approximate surface area is 96.8 Å². The fourth-order valence-corrected chi connectivity index (χ4v) is 1.41. The fourth-order valence-electron chi connectivity index (χ4n) is 1.41. The lowest BCUT2D eigenvalue weighted by Crippen LogP contribution is -2.04. The predicted molar refractivity (Wildman–Crippen MR) is 59.1 cm³/mol. The molecule has 0 atom stereocenters. The normalized spacial score (nSPS) is 10.2. The lowest BCUT2D eigenvalue weighted by molar-refractivity contribution is 0.0690. The van der Waals surface area contributed by atoms with Gasteiger partial charge in [-0.05, 0) is 37.3 Å². The lowest BCUT2D eigenvalue weighted by atomic mass is 10.2. The quantitative estimate of drug-likeness (QED) is 0.862. The summed E-state index contributed by atoms with van der Waals surface area (Å²) in [6, 6.07) is 6.96. The number of aryl methyl sites for hydroxylation is 1. The van der Waals surface area contributed by atoms with E-state index < -0.39 is 5.97 Å². The van der Waals surface area contributed by atoms with Crippen LogP contribution in [0, 0.1) is 12.7 Å². The van der Waals surface area contributed by atoms with E-state index in [1.165, 1.54) is 30.3 Å².